The first-order chi connectivity index (χ1) is 8.08. The number of quaternary nitrogens is 1. The van der Waals surface area contributed by atoms with Gasteiger partial charge in [0, 0.05) is 5.02 Å². The summed E-state index contributed by atoms with van der Waals surface area (Å²) in [6.45, 7) is 12.6. The maximum Gasteiger partial charge on any atom is 0.137 e. The van der Waals surface area contributed by atoms with Gasteiger partial charge in [-0.25, -0.2) is 0 Å². The van der Waals surface area contributed by atoms with Crippen molar-refractivity contribution in [3.05, 3.63) is 28.3 Å². The molecule has 0 aliphatic carbocycles. The third-order valence-corrected chi connectivity index (χ3v) is 3.35. The lowest BCUT2D eigenvalue weighted by molar-refractivity contribution is -0.896. The number of nitrogens with one attached hydrogen (secondary N) is 1. The molecule has 0 fully saturated rings. The van der Waals surface area contributed by atoms with Crippen molar-refractivity contribution < 1.29 is 9.64 Å². The number of benzene rings is 1. The van der Waals surface area contributed by atoms with E-state index in [9.17, 15) is 0 Å². The Bertz CT molecular complexity index is 338. The van der Waals surface area contributed by atoms with Crippen molar-refractivity contribution in [2.75, 3.05) is 26.2 Å². The van der Waals surface area contributed by atoms with Crippen LogP contribution in [0, 0.1) is 13.8 Å². The zero-order valence-electron chi connectivity index (χ0n) is 11.3. The minimum Gasteiger partial charge on any atom is -0.487 e. The van der Waals surface area contributed by atoms with Gasteiger partial charge in [0.05, 0.1) is 13.1 Å². The molecule has 0 aromatic heterocycles. The summed E-state index contributed by atoms with van der Waals surface area (Å²) >= 11 is 5.99. The topological polar surface area (TPSA) is 13.7 Å². The molecule has 0 atom stereocenters. The monoisotopic (exact) mass is 256 g/mol. The zero-order valence-corrected chi connectivity index (χ0v) is 12.0. The van der Waals surface area contributed by atoms with E-state index in [0.29, 0.717) is 0 Å². The van der Waals surface area contributed by atoms with Gasteiger partial charge in [0.2, 0.25) is 0 Å². The Balaban J connectivity index is 2.58. The van der Waals surface area contributed by atoms with E-state index >= 15 is 0 Å². The van der Waals surface area contributed by atoms with Gasteiger partial charge in [-0.05, 0) is 51.0 Å². The highest BCUT2D eigenvalue weighted by atomic mass is 35.5. The van der Waals surface area contributed by atoms with Crippen LogP contribution in [0.25, 0.3) is 0 Å². The molecule has 1 rings (SSSR count). The summed E-state index contributed by atoms with van der Waals surface area (Å²) in [4.78, 5) is 1.56. The van der Waals surface area contributed by atoms with Crippen LogP contribution in [0.15, 0.2) is 12.1 Å². The van der Waals surface area contributed by atoms with Crippen LogP contribution in [0.5, 0.6) is 5.75 Å². The molecule has 0 heterocycles. The minimum atomic E-state index is 0.764. The van der Waals surface area contributed by atoms with E-state index in [1.54, 1.807) is 4.90 Å². The molecule has 96 valence electrons. The summed E-state index contributed by atoms with van der Waals surface area (Å²) < 4.78 is 5.88. The summed E-state index contributed by atoms with van der Waals surface area (Å²) in [7, 11) is 0. The Morgan fingerprint density at radius 3 is 2.12 bits per heavy atom. The van der Waals surface area contributed by atoms with E-state index in [0.717, 1.165) is 48.1 Å². The predicted molar refractivity (Wildman–Crippen MR) is 73.3 cm³/mol. The molecule has 0 saturated heterocycles. The van der Waals surface area contributed by atoms with Gasteiger partial charge in [0.15, 0.2) is 0 Å². The van der Waals surface area contributed by atoms with E-state index in [1.165, 1.54) is 0 Å². The highest BCUT2D eigenvalue weighted by Crippen LogP contribution is 2.26. The van der Waals surface area contributed by atoms with Crippen LogP contribution in [0.1, 0.15) is 25.0 Å². The molecule has 0 saturated carbocycles. The average Bonchev–Trinajstić information content (AvgIpc) is 2.27. The smallest absolute Gasteiger partial charge is 0.137 e. The van der Waals surface area contributed by atoms with E-state index in [1.807, 2.05) is 26.0 Å². The van der Waals surface area contributed by atoms with Gasteiger partial charge in [-0.2, -0.15) is 0 Å². The molecule has 0 spiro atoms. The van der Waals surface area contributed by atoms with Gasteiger partial charge in [-0.1, -0.05) is 11.6 Å². The van der Waals surface area contributed by atoms with Crippen molar-refractivity contribution in [3.63, 3.8) is 0 Å². The van der Waals surface area contributed by atoms with Gasteiger partial charge in [0.25, 0.3) is 0 Å². The van der Waals surface area contributed by atoms with Crippen LogP contribution in [0.4, 0.5) is 0 Å². The van der Waals surface area contributed by atoms with Crippen molar-refractivity contribution in [1.82, 2.24) is 0 Å². The summed E-state index contributed by atoms with van der Waals surface area (Å²) in [5.41, 5.74) is 2.23. The largest absolute Gasteiger partial charge is 0.487 e. The summed E-state index contributed by atoms with van der Waals surface area (Å²) in [5.74, 6) is 0.987. The number of rotatable bonds is 6. The van der Waals surface area contributed by atoms with Crippen LogP contribution in [-0.4, -0.2) is 26.2 Å². The standard InChI is InChI=1S/C14H22ClNO/c1-5-16(6-2)7-8-17-14-11(3)9-13(15)10-12(14)4/h9-10H,5-8H2,1-4H3/p+1. The Labute approximate surface area is 110 Å². The molecule has 1 N–H and O–H groups in total. The number of aryl methyl sites for hydroxylation is 2. The number of halogens is 1. The van der Waals surface area contributed by atoms with Gasteiger partial charge in [-0.15, -0.1) is 0 Å². The molecule has 0 unspecified atom stereocenters. The van der Waals surface area contributed by atoms with Crippen LogP contribution in [0.3, 0.4) is 0 Å². The SMILES string of the molecule is CC[NH+](CC)CCOc1c(C)cc(Cl)cc1C. The number of ether oxygens (including phenoxy) is 1. The lowest BCUT2D eigenvalue weighted by atomic mass is 10.1. The van der Waals surface area contributed by atoms with Gasteiger partial charge >= 0.3 is 0 Å². The molecular formula is C14H23ClNO+. The summed E-state index contributed by atoms with van der Waals surface area (Å²) in [6, 6.07) is 3.91. The Morgan fingerprint density at radius 2 is 1.65 bits per heavy atom. The first-order valence-corrected chi connectivity index (χ1v) is 6.69. The Hall–Kier alpha value is -0.730. The molecule has 0 bridgehead atoms. The summed E-state index contributed by atoms with van der Waals surface area (Å²) in [6.07, 6.45) is 0. The molecular weight excluding hydrogens is 234 g/mol. The van der Waals surface area contributed by atoms with Gasteiger partial charge in [-0.3, -0.25) is 0 Å². The molecule has 0 aliphatic heterocycles. The number of hydrogen-bond acceptors (Lipinski definition) is 1. The molecule has 1 aromatic carbocycles. The fourth-order valence-corrected chi connectivity index (χ4v) is 2.35. The Morgan fingerprint density at radius 1 is 1.12 bits per heavy atom. The fourth-order valence-electron chi connectivity index (χ4n) is 2.03. The van der Waals surface area contributed by atoms with Gasteiger partial charge < -0.3 is 9.64 Å². The third kappa shape index (κ3) is 4.21. The minimum absolute atomic E-state index is 0.764. The summed E-state index contributed by atoms with van der Waals surface area (Å²) in [5, 5.41) is 0.779. The van der Waals surface area contributed by atoms with E-state index < -0.39 is 0 Å². The lowest BCUT2D eigenvalue weighted by Gasteiger charge is -2.17. The highest BCUT2D eigenvalue weighted by molar-refractivity contribution is 6.30. The molecule has 0 aliphatic rings. The van der Waals surface area contributed by atoms with Crippen molar-refractivity contribution in [2.24, 2.45) is 0 Å². The predicted octanol–water partition coefficient (Wildman–Crippen LogP) is 2.26. The molecule has 3 heteroatoms. The molecule has 1 aromatic rings. The zero-order chi connectivity index (χ0) is 12.8. The van der Waals surface area contributed by atoms with Crippen molar-refractivity contribution in [1.29, 1.82) is 0 Å². The second-order valence-electron chi connectivity index (χ2n) is 4.42. The van der Waals surface area contributed by atoms with E-state index in [2.05, 4.69) is 13.8 Å². The first kappa shape index (κ1) is 14.3. The van der Waals surface area contributed by atoms with Crippen molar-refractivity contribution >= 4 is 11.6 Å². The van der Waals surface area contributed by atoms with E-state index in [-0.39, 0.29) is 0 Å². The van der Waals surface area contributed by atoms with Crippen LogP contribution in [-0.2, 0) is 0 Å². The molecule has 0 amide bonds. The molecule has 17 heavy (non-hydrogen) atoms. The van der Waals surface area contributed by atoms with E-state index in [4.69, 9.17) is 16.3 Å². The fraction of sp³-hybridized carbons (Fsp3) is 0.571. The average molecular weight is 257 g/mol. The third-order valence-electron chi connectivity index (χ3n) is 3.13. The first-order valence-electron chi connectivity index (χ1n) is 6.31. The maximum absolute atomic E-state index is 5.99. The number of hydrogen-bond donors (Lipinski definition) is 1. The van der Waals surface area contributed by atoms with Crippen LogP contribution in [0.2, 0.25) is 5.02 Å². The highest BCUT2D eigenvalue weighted by Gasteiger charge is 2.07. The van der Waals surface area contributed by atoms with Crippen molar-refractivity contribution in [2.45, 2.75) is 27.7 Å². The van der Waals surface area contributed by atoms with Gasteiger partial charge in [0.1, 0.15) is 18.9 Å². The van der Waals surface area contributed by atoms with Crippen molar-refractivity contribution in [3.8, 4) is 5.75 Å². The molecule has 2 nitrogen and oxygen atoms in total. The van der Waals surface area contributed by atoms with Crippen LogP contribution >= 0.6 is 11.6 Å². The maximum atomic E-state index is 5.99. The quantitative estimate of drug-likeness (QED) is 0.824. The van der Waals surface area contributed by atoms with Crippen LogP contribution < -0.4 is 9.64 Å². The number of likely N-dealkylation sites (N-methyl/N-ethyl adjacent to an activating group) is 1. The molecule has 0 radical (unpaired) electrons. The second kappa shape index (κ2) is 6.87. The lowest BCUT2D eigenvalue weighted by Crippen LogP contribution is -3.12. The second-order valence-corrected chi connectivity index (χ2v) is 4.86. The Kier molecular flexibility index (Phi) is 5.79. The normalized spacial score (nSPS) is 10.9.